The minimum absolute atomic E-state index is 0.0416. The van der Waals surface area contributed by atoms with Gasteiger partial charge in [0.2, 0.25) is 0 Å². The maximum absolute atomic E-state index is 12.4. The number of rotatable bonds is 3. The zero-order valence-electron chi connectivity index (χ0n) is 11.5. The quantitative estimate of drug-likeness (QED) is 0.940. The second-order valence-corrected chi connectivity index (χ2v) is 6.60. The van der Waals surface area contributed by atoms with Gasteiger partial charge >= 0.3 is 0 Å². The van der Waals surface area contributed by atoms with Crippen LogP contribution in [0.1, 0.15) is 21.1 Å². The normalized spacial score (nSPS) is 22.0. The first-order chi connectivity index (χ1) is 10.0. The molecular weight excluding hydrogens is 312 g/mol. The van der Waals surface area contributed by atoms with E-state index in [0.717, 1.165) is 11.5 Å². The van der Waals surface area contributed by atoms with E-state index in [1.54, 1.807) is 16.3 Å². The Morgan fingerprint density at radius 2 is 2.43 bits per heavy atom. The number of thiophene rings is 1. The highest BCUT2D eigenvalue weighted by molar-refractivity contribution is 7.12. The Hall–Kier alpha value is -1.37. The molecule has 3 rings (SSSR count). The zero-order valence-corrected chi connectivity index (χ0v) is 13.0. The van der Waals surface area contributed by atoms with Crippen molar-refractivity contribution in [2.45, 2.75) is 19.4 Å². The fourth-order valence-electron chi connectivity index (χ4n) is 2.58. The van der Waals surface area contributed by atoms with Crippen molar-refractivity contribution < 1.29 is 14.4 Å². The lowest BCUT2D eigenvalue weighted by Crippen LogP contribution is -2.29. The molecule has 0 radical (unpaired) electrons. The average Bonchev–Trinajstić information content (AvgIpc) is 3.12. The molecule has 112 valence electrons. The van der Waals surface area contributed by atoms with E-state index in [1.165, 1.54) is 11.3 Å². The van der Waals surface area contributed by atoms with E-state index >= 15 is 0 Å². The number of aryl methyl sites for hydroxylation is 1. The summed E-state index contributed by atoms with van der Waals surface area (Å²) in [6, 6.07) is 3.56. The molecule has 1 amide bonds. The fraction of sp³-hybridized carbons (Fsp3) is 0.429. The van der Waals surface area contributed by atoms with Crippen LogP contribution in [0.25, 0.3) is 0 Å². The van der Waals surface area contributed by atoms with Gasteiger partial charge in [-0.2, -0.15) is 0 Å². The molecule has 0 aliphatic carbocycles. The molecule has 1 aliphatic rings. The number of amides is 1. The SMILES string of the molecule is Cc1cc(C[C@@H]2CN(C(=O)c3sccc3Cl)C[C@H]2O)on1. The van der Waals surface area contributed by atoms with Crippen molar-refractivity contribution in [2.24, 2.45) is 5.92 Å². The highest BCUT2D eigenvalue weighted by atomic mass is 35.5. The van der Waals surface area contributed by atoms with E-state index in [2.05, 4.69) is 5.16 Å². The van der Waals surface area contributed by atoms with Crippen molar-refractivity contribution in [3.05, 3.63) is 38.9 Å². The summed E-state index contributed by atoms with van der Waals surface area (Å²) in [6.07, 6.45) is 0.0161. The summed E-state index contributed by atoms with van der Waals surface area (Å²) in [7, 11) is 0. The summed E-state index contributed by atoms with van der Waals surface area (Å²) >= 11 is 7.32. The molecule has 0 aromatic carbocycles. The Morgan fingerprint density at radius 3 is 3.05 bits per heavy atom. The molecule has 0 spiro atoms. The third-order valence-electron chi connectivity index (χ3n) is 3.65. The number of aromatic nitrogens is 1. The van der Waals surface area contributed by atoms with Gasteiger partial charge in [-0.1, -0.05) is 16.8 Å². The van der Waals surface area contributed by atoms with Crippen LogP contribution in [0.3, 0.4) is 0 Å². The van der Waals surface area contributed by atoms with E-state index < -0.39 is 6.10 Å². The highest BCUT2D eigenvalue weighted by Gasteiger charge is 2.35. The Kier molecular flexibility index (Phi) is 4.01. The molecule has 2 aromatic rings. The first-order valence-corrected chi connectivity index (χ1v) is 7.93. The summed E-state index contributed by atoms with van der Waals surface area (Å²) in [6.45, 7) is 2.67. The number of nitrogens with zero attached hydrogens (tertiary/aromatic N) is 2. The van der Waals surface area contributed by atoms with Gasteiger partial charge in [0.15, 0.2) is 0 Å². The average molecular weight is 327 g/mol. The van der Waals surface area contributed by atoms with Gasteiger partial charge in [-0.3, -0.25) is 4.79 Å². The zero-order chi connectivity index (χ0) is 15.0. The number of likely N-dealkylation sites (tertiary alicyclic amines) is 1. The third-order valence-corrected chi connectivity index (χ3v) is 4.97. The number of β-amino-alcohol motifs (C(OH)–C–C–N with tert-alkyl or cyclic N) is 1. The number of carbonyl (C=O) groups excluding carboxylic acids is 1. The van der Waals surface area contributed by atoms with Crippen LogP contribution in [0.2, 0.25) is 5.02 Å². The summed E-state index contributed by atoms with van der Waals surface area (Å²) in [5.41, 5.74) is 0.816. The van der Waals surface area contributed by atoms with Crippen LogP contribution in [0.5, 0.6) is 0 Å². The molecule has 21 heavy (non-hydrogen) atoms. The smallest absolute Gasteiger partial charge is 0.265 e. The van der Waals surface area contributed by atoms with Gasteiger partial charge in [-0.25, -0.2) is 0 Å². The highest BCUT2D eigenvalue weighted by Crippen LogP contribution is 2.28. The third kappa shape index (κ3) is 2.97. The molecule has 1 saturated heterocycles. The van der Waals surface area contributed by atoms with E-state index in [9.17, 15) is 9.90 Å². The number of hydrogen-bond donors (Lipinski definition) is 1. The van der Waals surface area contributed by atoms with Crippen LogP contribution in [0.15, 0.2) is 22.0 Å². The lowest BCUT2D eigenvalue weighted by atomic mass is 10.0. The number of hydrogen-bond acceptors (Lipinski definition) is 5. The first-order valence-electron chi connectivity index (χ1n) is 6.67. The van der Waals surface area contributed by atoms with Gasteiger partial charge < -0.3 is 14.5 Å². The minimum Gasteiger partial charge on any atom is -0.391 e. The van der Waals surface area contributed by atoms with Gasteiger partial charge in [0.25, 0.3) is 5.91 Å². The van der Waals surface area contributed by atoms with Crippen LogP contribution in [0.4, 0.5) is 0 Å². The Balaban J connectivity index is 1.68. The molecule has 2 aromatic heterocycles. The summed E-state index contributed by atoms with van der Waals surface area (Å²) < 4.78 is 5.18. The maximum Gasteiger partial charge on any atom is 0.265 e. The Bertz CT molecular complexity index is 654. The summed E-state index contributed by atoms with van der Waals surface area (Å²) in [5, 5.41) is 16.2. The number of aliphatic hydroxyl groups excluding tert-OH is 1. The number of carbonyl (C=O) groups is 1. The van der Waals surface area contributed by atoms with Crippen LogP contribution in [-0.2, 0) is 6.42 Å². The monoisotopic (exact) mass is 326 g/mol. The summed E-state index contributed by atoms with van der Waals surface area (Å²) in [5.74, 6) is 0.574. The molecule has 0 unspecified atom stereocenters. The molecule has 0 saturated carbocycles. The van der Waals surface area contributed by atoms with Gasteiger partial charge in [0.1, 0.15) is 10.6 Å². The van der Waals surface area contributed by atoms with Crippen LogP contribution in [0, 0.1) is 12.8 Å². The molecular formula is C14H15ClN2O3S. The lowest BCUT2D eigenvalue weighted by molar-refractivity contribution is 0.0769. The van der Waals surface area contributed by atoms with Gasteiger partial charge in [0, 0.05) is 31.5 Å². The second kappa shape index (κ2) is 5.79. The van der Waals surface area contributed by atoms with Crippen molar-refractivity contribution in [3.63, 3.8) is 0 Å². The molecule has 0 bridgehead atoms. The van der Waals surface area contributed by atoms with E-state index in [1.807, 2.05) is 13.0 Å². The van der Waals surface area contributed by atoms with Gasteiger partial charge in [-0.15, -0.1) is 11.3 Å². The standard InChI is InChI=1S/C14H15ClN2O3S/c1-8-4-10(20-16-8)5-9-6-17(7-12(9)18)14(19)13-11(15)2-3-21-13/h2-4,9,12,18H,5-7H2,1H3/t9-,12-/m1/s1. The summed E-state index contributed by atoms with van der Waals surface area (Å²) in [4.78, 5) is 14.6. The molecule has 7 heteroatoms. The fourth-order valence-corrected chi connectivity index (χ4v) is 3.68. The van der Waals surface area contributed by atoms with E-state index in [-0.39, 0.29) is 11.8 Å². The molecule has 5 nitrogen and oxygen atoms in total. The van der Waals surface area contributed by atoms with Gasteiger partial charge in [-0.05, 0) is 18.4 Å². The van der Waals surface area contributed by atoms with Gasteiger partial charge in [0.05, 0.1) is 16.8 Å². The predicted octanol–water partition coefficient (Wildman–Crippen LogP) is 2.37. The second-order valence-electron chi connectivity index (χ2n) is 5.27. The molecule has 1 N–H and O–H groups in total. The molecule has 1 aliphatic heterocycles. The van der Waals surface area contributed by atoms with E-state index in [0.29, 0.717) is 29.4 Å². The number of halogens is 1. The topological polar surface area (TPSA) is 66.6 Å². The van der Waals surface area contributed by atoms with Crippen LogP contribution >= 0.6 is 22.9 Å². The lowest BCUT2D eigenvalue weighted by Gasteiger charge is -2.15. The first kappa shape index (κ1) is 14.6. The van der Waals surface area contributed by atoms with Crippen molar-refractivity contribution >= 4 is 28.8 Å². The number of aliphatic hydroxyl groups is 1. The largest absolute Gasteiger partial charge is 0.391 e. The van der Waals surface area contributed by atoms with Crippen LogP contribution < -0.4 is 0 Å². The molecule has 3 heterocycles. The minimum atomic E-state index is -0.557. The van der Waals surface area contributed by atoms with E-state index in [4.69, 9.17) is 16.1 Å². The van der Waals surface area contributed by atoms with Crippen LogP contribution in [-0.4, -0.2) is 40.3 Å². The predicted molar refractivity (Wildman–Crippen MR) is 79.7 cm³/mol. The van der Waals surface area contributed by atoms with Crippen molar-refractivity contribution in [3.8, 4) is 0 Å². The van der Waals surface area contributed by atoms with Crippen molar-refractivity contribution in [1.82, 2.24) is 10.1 Å². The Morgan fingerprint density at radius 1 is 1.62 bits per heavy atom. The molecule has 1 fully saturated rings. The Labute approximate surface area is 131 Å². The molecule has 2 atom stereocenters. The van der Waals surface area contributed by atoms with Crippen molar-refractivity contribution in [1.29, 1.82) is 0 Å². The van der Waals surface area contributed by atoms with Crippen molar-refractivity contribution in [2.75, 3.05) is 13.1 Å². The maximum atomic E-state index is 12.4.